The molecule has 20 heavy (non-hydrogen) atoms. The Morgan fingerprint density at radius 1 is 1.40 bits per heavy atom. The van der Waals surface area contributed by atoms with Crippen LogP contribution in [0, 0.1) is 17.8 Å². The first kappa shape index (κ1) is 13.8. The highest BCUT2D eigenvalue weighted by Gasteiger charge is 2.63. The van der Waals surface area contributed by atoms with Crippen molar-refractivity contribution in [3.8, 4) is 0 Å². The maximum atomic E-state index is 12.1. The summed E-state index contributed by atoms with van der Waals surface area (Å²) in [5.74, 6) is -0.0284. The molecule has 0 bridgehead atoms. The first-order chi connectivity index (χ1) is 9.51. The smallest absolute Gasteiger partial charge is 0.302 e. The van der Waals surface area contributed by atoms with Crippen molar-refractivity contribution in [1.29, 1.82) is 0 Å². The summed E-state index contributed by atoms with van der Waals surface area (Å²) in [5.41, 5.74) is 0.692. The van der Waals surface area contributed by atoms with E-state index in [1.54, 1.807) is 13.2 Å². The molecule has 5 atom stereocenters. The van der Waals surface area contributed by atoms with E-state index in [0.717, 1.165) is 31.3 Å². The maximum Gasteiger partial charge on any atom is 0.302 e. The van der Waals surface area contributed by atoms with Crippen LogP contribution in [0.4, 0.5) is 0 Å². The normalized spacial score (nSPS) is 43.0. The van der Waals surface area contributed by atoms with Crippen molar-refractivity contribution < 1.29 is 19.1 Å². The molecule has 2 saturated carbocycles. The van der Waals surface area contributed by atoms with Crippen LogP contribution < -0.4 is 0 Å². The summed E-state index contributed by atoms with van der Waals surface area (Å²) in [6.45, 7) is 3.38. The van der Waals surface area contributed by atoms with E-state index in [0.29, 0.717) is 0 Å². The minimum Gasteiger partial charge on any atom is -0.461 e. The molecule has 0 aromatic rings. The second-order valence-electron chi connectivity index (χ2n) is 6.34. The van der Waals surface area contributed by atoms with Gasteiger partial charge in [-0.3, -0.25) is 9.59 Å². The van der Waals surface area contributed by atoms with Crippen LogP contribution in [-0.4, -0.2) is 30.6 Å². The summed E-state index contributed by atoms with van der Waals surface area (Å²) in [4.78, 5) is 23.6. The van der Waals surface area contributed by atoms with Gasteiger partial charge >= 0.3 is 5.97 Å². The van der Waals surface area contributed by atoms with Gasteiger partial charge in [-0.05, 0) is 24.5 Å². The van der Waals surface area contributed by atoms with Gasteiger partial charge in [0.25, 0.3) is 0 Å². The van der Waals surface area contributed by atoms with E-state index in [9.17, 15) is 9.59 Å². The summed E-state index contributed by atoms with van der Waals surface area (Å²) in [7, 11) is 1.72. The molecule has 0 spiro atoms. The molecule has 3 rings (SSSR count). The summed E-state index contributed by atoms with van der Waals surface area (Å²) in [6, 6.07) is 0. The van der Waals surface area contributed by atoms with Crippen LogP contribution in [0.5, 0.6) is 0 Å². The van der Waals surface area contributed by atoms with Crippen molar-refractivity contribution in [1.82, 2.24) is 0 Å². The lowest BCUT2D eigenvalue weighted by Gasteiger charge is -2.40. The number of esters is 1. The lowest BCUT2D eigenvalue weighted by Crippen LogP contribution is -2.44. The van der Waals surface area contributed by atoms with Crippen molar-refractivity contribution in [2.24, 2.45) is 17.8 Å². The molecule has 0 aromatic heterocycles. The minimum atomic E-state index is -0.385. The third-order valence-electron chi connectivity index (χ3n) is 5.46. The predicted molar refractivity (Wildman–Crippen MR) is 73.0 cm³/mol. The average Bonchev–Trinajstić information content (AvgIpc) is 2.85. The molecule has 4 heteroatoms. The van der Waals surface area contributed by atoms with E-state index in [1.165, 1.54) is 6.92 Å². The van der Waals surface area contributed by atoms with Gasteiger partial charge < -0.3 is 9.47 Å². The number of ether oxygens (including phenoxy) is 2. The van der Waals surface area contributed by atoms with E-state index in [2.05, 4.69) is 0 Å². The molecule has 0 N–H and O–H groups in total. The number of carbonyl (C=O) groups is 2. The van der Waals surface area contributed by atoms with Gasteiger partial charge in [0.05, 0.1) is 5.60 Å². The first-order valence-corrected chi connectivity index (χ1v) is 7.49. The molecule has 3 aliphatic carbocycles. The van der Waals surface area contributed by atoms with Gasteiger partial charge in [0.1, 0.15) is 6.10 Å². The fourth-order valence-electron chi connectivity index (χ4n) is 4.62. The van der Waals surface area contributed by atoms with Crippen molar-refractivity contribution in [2.45, 2.75) is 51.2 Å². The molecule has 0 unspecified atom stereocenters. The van der Waals surface area contributed by atoms with Gasteiger partial charge in [-0.25, -0.2) is 0 Å². The SMILES string of the molecule is CO[C@]12CCCC[C@H]1[C@H](OC(C)=O)[C@@H]1C2=CC(=O)[C@H]1C. The number of hydrogen-bond donors (Lipinski definition) is 0. The Balaban J connectivity index is 2.06. The number of hydrogen-bond acceptors (Lipinski definition) is 4. The van der Waals surface area contributed by atoms with Crippen LogP contribution in [0.25, 0.3) is 0 Å². The van der Waals surface area contributed by atoms with Gasteiger partial charge in [-0.1, -0.05) is 19.8 Å². The van der Waals surface area contributed by atoms with E-state index < -0.39 is 0 Å². The molecule has 2 fully saturated rings. The standard InChI is InChI=1S/C16H22O4/c1-9-13(18)8-12-14(9)15(20-10(2)17)11-6-4-5-7-16(11,12)19-3/h8-9,11,14-15H,4-7H2,1-3H3/t9-,11+,14+,15+,16-/m1/s1. The second-order valence-corrected chi connectivity index (χ2v) is 6.34. The number of fused-ring (bicyclic) bond motifs is 3. The number of carbonyl (C=O) groups excluding carboxylic acids is 2. The predicted octanol–water partition coefficient (Wildman–Crippen LogP) is 2.27. The average molecular weight is 278 g/mol. The number of ketones is 1. The largest absolute Gasteiger partial charge is 0.461 e. The highest BCUT2D eigenvalue weighted by molar-refractivity contribution is 5.96. The van der Waals surface area contributed by atoms with E-state index in [4.69, 9.17) is 9.47 Å². The van der Waals surface area contributed by atoms with Crippen LogP contribution in [0.3, 0.4) is 0 Å². The van der Waals surface area contributed by atoms with E-state index in [-0.39, 0.29) is 41.2 Å². The Morgan fingerprint density at radius 2 is 2.15 bits per heavy atom. The Labute approximate surface area is 119 Å². The topological polar surface area (TPSA) is 52.6 Å². The van der Waals surface area contributed by atoms with Crippen LogP contribution in [0.15, 0.2) is 11.6 Å². The first-order valence-electron chi connectivity index (χ1n) is 7.49. The summed E-state index contributed by atoms with van der Waals surface area (Å²) in [5, 5.41) is 0. The Bertz CT molecular complexity index is 481. The Morgan fingerprint density at radius 3 is 2.80 bits per heavy atom. The highest BCUT2D eigenvalue weighted by Crippen LogP contribution is 2.58. The van der Waals surface area contributed by atoms with Gasteiger partial charge in [-0.2, -0.15) is 0 Å². The molecular formula is C16H22O4. The monoisotopic (exact) mass is 278 g/mol. The number of rotatable bonds is 2. The molecule has 3 aliphatic rings. The molecule has 110 valence electrons. The lowest BCUT2D eigenvalue weighted by atomic mass is 9.75. The number of allylic oxidation sites excluding steroid dienone is 1. The van der Waals surface area contributed by atoms with Crippen molar-refractivity contribution >= 4 is 11.8 Å². The fraction of sp³-hybridized carbons (Fsp3) is 0.750. The quantitative estimate of drug-likeness (QED) is 0.727. The Hall–Kier alpha value is -1.16. The van der Waals surface area contributed by atoms with Gasteiger partial charge in [0, 0.05) is 31.8 Å². The fourth-order valence-corrected chi connectivity index (χ4v) is 4.62. The van der Waals surface area contributed by atoms with Crippen LogP contribution in [0.2, 0.25) is 0 Å². The number of methoxy groups -OCH3 is 1. The zero-order chi connectivity index (χ0) is 14.5. The molecule has 0 heterocycles. The third-order valence-corrected chi connectivity index (χ3v) is 5.46. The minimum absolute atomic E-state index is 0.00875. The lowest BCUT2D eigenvalue weighted by molar-refractivity contribution is -0.156. The zero-order valence-electron chi connectivity index (χ0n) is 12.3. The van der Waals surface area contributed by atoms with Crippen LogP contribution >= 0.6 is 0 Å². The second kappa shape index (κ2) is 4.69. The third kappa shape index (κ3) is 1.70. The molecular weight excluding hydrogens is 256 g/mol. The highest BCUT2D eigenvalue weighted by atomic mass is 16.5. The van der Waals surface area contributed by atoms with Crippen molar-refractivity contribution in [3.63, 3.8) is 0 Å². The summed E-state index contributed by atoms with van der Waals surface area (Å²) in [6.07, 6.45) is 5.72. The molecule has 0 radical (unpaired) electrons. The summed E-state index contributed by atoms with van der Waals surface area (Å²) >= 11 is 0. The Kier molecular flexibility index (Phi) is 3.24. The van der Waals surface area contributed by atoms with Crippen molar-refractivity contribution in [3.05, 3.63) is 11.6 Å². The maximum absolute atomic E-state index is 12.1. The zero-order valence-corrected chi connectivity index (χ0v) is 12.3. The molecule has 0 amide bonds. The van der Waals surface area contributed by atoms with E-state index in [1.807, 2.05) is 6.92 Å². The van der Waals surface area contributed by atoms with Crippen LogP contribution in [-0.2, 0) is 19.1 Å². The molecule has 0 aromatic carbocycles. The molecule has 0 aliphatic heterocycles. The van der Waals surface area contributed by atoms with Gasteiger partial charge in [-0.15, -0.1) is 0 Å². The summed E-state index contributed by atoms with van der Waals surface area (Å²) < 4.78 is 11.5. The van der Waals surface area contributed by atoms with Gasteiger partial charge in [0.2, 0.25) is 0 Å². The van der Waals surface area contributed by atoms with Crippen LogP contribution in [0.1, 0.15) is 39.5 Å². The van der Waals surface area contributed by atoms with Crippen molar-refractivity contribution in [2.75, 3.05) is 7.11 Å². The molecule has 0 saturated heterocycles. The van der Waals surface area contributed by atoms with E-state index >= 15 is 0 Å². The van der Waals surface area contributed by atoms with Gasteiger partial charge in [0.15, 0.2) is 5.78 Å². The molecule has 4 nitrogen and oxygen atoms in total.